The van der Waals surface area contributed by atoms with Gasteiger partial charge in [-0.05, 0) is 70.6 Å². The molecular formula is C51H82O15P2. The number of carbonyl (C=O) groups is 2. The van der Waals surface area contributed by atoms with Crippen LogP contribution in [-0.4, -0.2) is 95.0 Å². The van der Waals surface area contributed by atoms with Crippen molar-refractivity contribution in [3.05, 3.63) is 122 Å². The Bertz CT molecular complexity index is 1680. The van der Waals surface area contributed by atoms with Crippen LogP contribution in [0, 0.1) is 0 Å². The molecule has 0 spiro atoms. The van der Waals surface area contributed by atoms with Crippen molar-refractivity contribution >= 4 is 27.6 Å². The third-order valence-electron chi connectivity index (χ3n) is 9.01. The lowest BCUT2D eigenvalue weighted by molar-refractivity contribution is -0.147. The molecule has 0 amide bonds. The topological polar surface area (TPSA) is 225 Å². The van der Waals surface area contributed by atoms with Crippen molar-refractivity contribution in [1.29, 1.82) is 0 Å². The number of ether oxygens (including phenoxy) is 2. The van der Waals surface area contributed by atoms with Gasteiger partial charge in [-0.3, -0.25) is 27.7 Å². The van der Waals surface area contributed by atoms with Crippen LogP contribution >= 0.6 is 15.6 Å². The standard InChI is InChI=1S/C51H82O15P2/c1-3-5-7-9-11-13-15-17-19-20-21-22-23-24-26-28-30-32-34-36-38-40-51(56)62-42-48(53)44-64-68(59,60)66-46-49(54)45-65-67(57,58)63-43-47(52)41-61-50(55)39-37-35-33-31-29-27-25-18-16-14-12-10-8-6-4-2/h5-8,10-14,16-17,19,21-22,24,26,30,32,36,38,47-49,52-54H,3-4,9,15,18,20,23,25,27-29,31,33-35,37,39-46H2,1-2H3,(H,57,58)(H,59,60)/b7-5-,8-6+,12-10+,13-11-,16-14+,19-17-,22-21-,26-24-,32-30-,38-36-. The number of phosphoric ester groups is 2. The Balaban J connectivity index is 4.01. The van der Waals surface area contributed by atoms with E-state index in [0.29, 0.717) is 12.8 Å². The van der Waals surface area contributed by atoms with E-state index < -0.39 is 85.5 Å². The lowest BCUT2D eigenvalue weighted by atomic mass is 10.1. The lowest BCUT2D eigenvalue weighted by Crippen LogP contribution is -2.25. The molecule has 0 aromatic heterocycles. The van der Waals surface area contributed by atoms with Crippen molar-refractivity contribution < 1.29 is 71.4 Å². The molecule has 0 saturated carbocycles. The molecule has 0 fully saturated rings. The maximum absolute atomic E-state index is 12.2. The Morgan fingerprint density at radius 3 is 1.18 bits per heavy atom. The van der Waals surface area contributed by atoms with E-state index in [9.17, 15) is 43.8 Å². The fourth-order valence-electron chi connectivity index (χ4n) is 5.35. The minimum absolute atomic E-state index is 0.0453. The first-order valence-corrected chi connectivity index (χ1v) is 26.9. The Morgan fingerprint density at radius 1 is 0.412 bits per heavy atom. The van der Waals surface area contributed by atoms with E-state index >= 15 is 0 Å². The van der Waals surface area contributed by atoms with E-state index in [0.717, 1.165) is 89.9 Å². The van der Waals surface area contributed by atoms with Gasteiger partial charge >= 0.3 is 27.6 Å². The maximum atomic E-state index is 12.2. The molecule has 0 heterocycles. The monoisotopic (exact) mass is 997 g/mol. The first kappa shape index (κ1) is 64.4. The molecule has 0 bridgehead atoms. The molecule has 5 unspecified atom stereocenters. The van der Waals surface area contributed by atoms with E-state index in [1.54, 1.807) is 12.2 Å². The van der Waals surface area contributed by atoms with Crippen molar-refractivity contribution in [3.8, 4) is 0 Å². The van der Waals surface area contributed by atoms with Crippen molar-refractivity contribution in [3.63, 3.8) is 0 Å². The number of hydrogen-bond acceptors (Lipinski definition) is 13. The quantitative estimate of drug-likeness (QED) is 0.0126. The zero-order valence-corrected chi connectivity index (χ0v) is 42.3. The smallest absolute Gasteiger partial charge is 0.463 e. The predicted molar refractivity (Wildman–Crippen MR) is 269 cm³/mol. The van der Waals surface area contributed by atoms with Crippen molar-refractivity contribution in [2.24, 2.45) is 0 Å². The second kappa shape index (κ2) is 45.9. The van der Waals surface area contributed by atoms with E-state index in [2.05, 4.69) is 111 Å². The van der Waals surface area contributed by atoms with E-state index in [4.69, 9.17) is 9.47 Å². The molecule has 0 radical (unpaired) electrons. The van der Waals surface area contributed by atoms with Crippen LogP contribution in [0.15, 0.2) is 122 Å². The summed E-state index contributed by atoms with van der Waals surface area (Å²) in [6.07, 6.45) is 52.1. The summed E-state index contributed by atoms with van der Waals surface area (Å²) < 4.78 is 52.9. The molecule has 15 nitrogen and oxygen atoms in total. The van der Waals surface area contributed by atoms with Crippen LogP contribution in [0.2, 0.25) is 0 Å². The second-order valence-corrected chi connectivity index (χ2v) is 18.3. The van der Waals surface area contributed by atoms with Gasteiger partial charge in [-0.25, -0.2) is 9.13 Å². The summed E-state index contributed by atoms with van der Waals surface area (Å²) in [5, 5.41) is 30.0. The summed E-state index contributed by atoms with van der Waals surface area (Å²) in [5.74, 6) is -1.15. The highest BCUT2D eigenvalue weighted by molar-refractivity contribution is 7.47. The summed E-state index contributed by atoms with van der Waals surface area (Å²) in [5.41, 5.74) is 0. The van der Waals surface area contributed by atoms with Crippen LogP contribution in [0.1, 0.15) is 129 Å². The number of unbranched alkanes of at least 4 members (excludes halogenated alkanes) is 7. The molecule has 5 N–H and O–H groups in total. The van der Waals surface area contributed by atoms with Crippen molar-refractivity contribution in [2.75, 3.05) is 39.6 Å². The highest BCUT2D eigenvalue weighted by atomic mass is 31.2. The number of phosphoric acid groups is 2. The van der Waals surface area contributed by atoms with Gasteiger partial charge in [-0.1, -0.05) is 167 Å². The first-order chi connectivity index (χ1) is 32.8. The zero-order valence-electron chi connectivity index (χ0n) is 40.5. The average molecular weight is 997 g/mol. The van der Waals surface area contributed by atoms with Gasteiger partial charge in [0.05, 0.1) is 32.8 Å². The molecule has 5 atom stereocenters. The normalized spacial score (nSPS) is 16.0. The summed E-state index contributed by atoms with van der Waals surface area (Å²) in [4.78, 5) is 43.7. The van der Waals surface area contributed by atoms with Gasteiger partial charge < -0.3 is 34.6 Å². The SMILES string of the molecule is CC/C=C\C/C=C\C/C=C\C/C=C\C/C=C\C/C=C\C/C=C\CC(=O)OCC(O)COP(=O)(O)OCC(O)COP(=O)(O)OCC(O)COC(=O)CCCCCCCCC/C=C/C=C/C=C/CC. The Kier molecular flexibility index (Phi) is 43.5. The van der Waals surface area contributed by atoms with Gasteiger partial charge in [0.1, 0.15) is 31.5 Å². The van der Waals surface area contributed by atoms with Crippen LogP contribution in [0.4, 0.5) is 0 Å². The van der Waals surface area contributed by atoms with E-state index in [1.165, 1.54) is 0 Å². The van der Waals surface area contributed by atoms with E-state index in [1.807, 2.05) is 30.4 Å². The van der Waals surface area contributed by atoms with E-state index in [-0.39, 0.29) is 12.8 Å². The van der Waals surface area contributed by atoms with Crippen molar-refractivity contribution in [1.82, 2.24) is 0 Å². The van der Waals surface area contributed by atoms with Gasteiger partial charge in [-0.15, -0.1) is 0 Å². The molecule has 386 valence electrons. The summed E-state index contributed by atoms with van der Waals surface area (Å²) in [6, 6.07) is 0. The van der Waals surface area contributed by atoms with Crippen LogP contribution in [0.25, 0.3) is 0 Å². The highest BCUT2D eigenvalue weighted by Gasteiger charge is 2.28. The molecule has 0 aromatic rings. The zero-order chi connectivity index (χ0) is 50.2. The second-order valence-electron chi connectivity index (χ2n) is 15.4. The molecule has 0 saturated heterocycles. The average Bonchev–Trinajstić information content (AvgIpc) is 3.31. The Labute approximate surface area is 406 Å². The summed E-state index contributed by atoms with van der Waals surface area (Å²) >= 11 is 0. The number of aliphatic hydroxyl groups excluding tert-OH is 3. The number of carbonyl (C=O) groups excluding carboxylic acids is 2. The number of allylic oxidation sites excluding steroid dienone is 19. The minimum atomic E-state index is -4.82. The summed E-state index contributed by atoms with van der Waals surface area (Å²) in [6.45, 7) is 0.00330. The van der Waals surface area contributed by atoms with Crippen LogP contribution in [0.5, 0.6) is 0 Å². The Morgan fingerprint density at radius 2 is 0.750 bits per heavy atom. The Hall–Kier alpha value is -3.56. The molecular weight excluding hydrogens is 914 g/mol. The fraction of sp³-hybridized carbons (Fsp3) is 0.569. The molecule has 0 rings (SSSR count). The largest absolute Gasteiger partial charge is 0.472 e. The minimum Gasteiger partial charge on any atom is -0.463 e. The van der Waals surface area contributed by atoms with Gasteiger partial charge in [-0.2, -0.15) is 0 Å². The molecule has 0 aliphatic carbocycles. The molecule has 0 aliphatic heterocycles. The molecule has 68 heavy (non-hydrogen) atoms. The molecule has 0 aliphatic rings. The number of hydrogen-bond donors (Lipinski definition) is 5. The number of rotatable bonds is 44. The van der Waals surface area contributed by atoms with Crippen LogP contribution in [-0.2, 0) is 46.3 Å². The lowest BCUT2D eigenvalue weighted by Gasteiger charge is -2.19. The first-order valence-electron chi connectivity index (χ1n) is 23.9. The molecule has 17 heteroatoms. The predicted octanol–water partition coefficient (Wildman–Crippen LogP) is 11.0. The third-order valence-corrected chi connectivity index (χ3v) is 10.9. The highest BCUT2D eigenvalue weighted by Crippen LogP contribution is 2.45. The van der Waals surface area contributed by atoms with Crippen LogP contribution < -0.4 is 0 Å². The number of aliphatic hydroxyl groups is 3. The van der Waals surface area contributed by atoms with Gasteiger partial charge in [0, 0.05) is 6.42 Å². The van der Waals surface area contributed by atoms with Gasteiger partial charge in [0.15, 0.2) is 0 Å². The third kappa shape index (κ3) is 47.5. The number of esters is 2. The maximum Gasteiger partial charge on any atom is 0.472 e. The van der Waals surface area contributed by atoms with Gasteiger partial charge in [0.25, 0.3) is 0 Å². The van der Waals surface area contributed by atoms with Crippen LogP contribution in [0.3, 0.4) is 0 Å². The van der Waals surface area contributed by atoms with Gasteiger partial charge in [0.2, 0.25) is 0 Å². The molecule has 0 aromatic carbocycles. The fourth-order valence-corrected chi connectivity index (χ4v) is 6.95. The summed E-state index contributed by atoms with van der Waals surface area (Å²) in [7, 11) is -9.62. The van der Waals surface area contributed by atoms with Crippen molar-refractivity contribution in [2.45, 2.75) is 148 Å².